The van der Waals surface area contributed by atoms with Crippen LogP contribution in [0.2, 0.25) is 0 Å². The summed E-state index contributed by atoms with van der Waals surface area (Å²) in [5.41, 5.74) is 0. The van der Waals surface area contributed by atoms with Crippen LogP contribution in [0, 0.1) is 5.92 Å². The lowest BCUT2D eigenvalue weighted by Gasteiger charge is -2.31. The number of carbonyl (C=O) groups excluding carboxylic acids is 2. The van der Waals surface area contributed by atoms with Gasteiger partial charge in [0.2, 0.25) is 0 Å². The maximum atomic E-state index is 11.4. The Morgan fingerprint density at radius 3 is 2.62 bits per heavy atom. The zero-order valence-corrected chi connectivity index (χ0v) is 7.61. The molecule has 0 saturated carbocycles. The zero-order chi connectivity index (χ0) is 9.42. The van der Waals surface area contributed by atoms with Gasteiger partial charge in [-0.3, -0.25) is 9.59 Å². The van der Waals surface area contributed by atoms with E-state index >= 15 is 0 Å². The monoisotopic (exact) mass is 196 g/mol. The van der Waals surface area contributed by atoms with Crippen molar-refractivity contribution in [3.8, 4) is 0 Å². The zero-order valence-electron chi connectivity index (χ0n) is 6.71. The third kappa shape index (κ3) is 1.31. The van der Waals surface area contributed by atoms with Crippen molar-refractivity contribution in [1.82, 2.24) is 0 Å². The Kier molecular flexibility index (Phi) is 2.00. The first-order valence-electron chi connectivity index (χ1n) is 3.96. The highest BCUT2D eigenvalue weighted by atomic mass is 32.1. The lowest BCUT2D eigenvalue weighted by molar-refractivity contribution is -0.134. The minimum Gasteiger partial charge on any atom is -0.489 e. The highest BCUT2D eigenvalue weighted by Gasteiger charge is 2.40. The molecule has 0 radical (unpaired) electrons. The molecule has 2 rings (SSSR count). The van der Waals surface area contributed by atoms with E-state index in [0.29, 0.717) is 0 Å². The first-order valence-corrected chi connectivity index (χ1v) is 4.48. The van der Waals surface area contributed by atoms with Crippen LogP contribution >= 0.6 is 12.6 Å². The second-order valence-corrected chi connectivity index (χ2v) is 3.64. The quantitative estimate of drug-likeness (QED) is 0.574. The van der Waals surface area contributed by atoms with Crippen molar-refractivity contribution in [3.63, 3.8) is 0 Å². The summed E-state index contributed by atoms with van der Waals surface area (Å²) >= 11 is 4.21. The van der Waals surface area contributed by atoms with E-state index in [2.05, 4.69) is 12.6 Å². The summed E-state index contributed by atoms with van der Waals surface area (Å²) in [4.78, 5) is 22.7. The lowest BCUT2D eigenvalue weighted by Crippen LogP contribution is -2.44. The van der Waals surface area contributed by atoms with E-state index in [9.17, 15) is 9.59 Å². The number of thiol groups is 1. The van der Waals surface area contributed by atoms with Crippen molar-refractivity contribution in [3.05, 3.63) is 24.5 Å². The molecule has 2 aliphatic rings. The van der Waals surface area contributed by atoms with E-state index in [1.165, 1.54) is 18.4 Å². The summed E-state index contributed by atoms with van der Waals surface area (Å²) in [6.45, 7) is 0. The second kappa shape index (κ2) is 3.03. The maximum Gasteiger partial charge on any atom is 0.197 e. The van der Waals surface area contributed by atoms with Crippen LogP contribution < -0.4 is 0 Å². The molecule has 0 amide bonds. The molecule has 3 nitrogen and oxygen atoms in total. The van der Waals surface area contributed by atoms with Crippen molar-refractivity contribution in [2.24, 2.45) is 5.92 Å². The number of hydrogen-bond acceptors (Lipinski definition) is 4. The van der Waals surface area contributed by atoms with Gasteiger partial charge in [0.05, 0.1) is 12.2 Å². The number of allylic oxidation sites excluding steroid dienone is 1. The predicted molar refractivity (Wildman–Crippen MR) is 49.4 cm³/mol. The summed E-state index contributed by atoms with van der Waals surface area (Å²) in [5, 5.41) is -0.222. The highest BCUT2D eigenvalue weighted by Crippen LogP contribution is 2.28. The van der Waals surface area contributed by atoms with E-state index < -0.39 is 12.0 Å². The van der Waals surface area contributed by atoms with E-state index in [1.54, 1.807) is 6.08 Å². The average molecular weight is 196 g/mol. The summed E-state index contributed by atoms with van der Waals surface area (Å²) in [5.74, 6) is -0.701. The van der Waals surface area contributed by atoms with Gasteiger partial charge in [-0.2, -0.15) is 12.6 Å². The topological polar surface area (TPSA) is 43.4 Å². The molecular weight excluding hydrogens is 188 g/mol. The fourth-order valence-electron chi connectivity index (χ4n) is 1.53. The van der Waals surface area contributed by atoms with Crippen molar-refractivity contribution in [2.45, 2.75) is 11.4 Å². The normalized spacial score (nSPS) is 37.2. The first-order chi connectivity index (χ1) is 6.20. The van der Waals surface area contributed by atoms with Gasteiger partial charge in [0.25, 0.3) is 0 Å². The Morgan fingerprint density at radius 2 is 1.92 bits per heavy atom. The van der Waals surface area contributed by atoms with Gasteiger partial charge in [-0.05, 0) is 18.2 Å². The fraction of sp³-hybridized carbons (Fsp3) is 0.333. The van der Waals surface area contributed by atoms with Crippen LogP contribution in [0.15, 0.2) is 24.5 Å². The van der Waals surface area contributed by atoms with Crippen LogP contribution in [0.5, 0.6) is 0 Å². The molecule has 0 bridgehead atoms. The van der Waals surface area contributed by atoms with Gasteiger partial charge in [0.15, 0.2) is 17.7 Å². The molecule has 4 heteroatoms. The van der Waals surface area contributed by atoms with E-state index in [-0.39, 0.29) is 16.8 Å². The van der Waals surface area contributed by atoms with Crippen molar-refractivity contribution in [1.29, 1.82) is 0 Å². The Bertz CT molecular complexity index is 319. The van der Waals surface area contributed by atoms with Crippen LogP contribution in [0.4, 0.5) is 0 Å². The summed E-state index contributed by atoms with van der Waals surface area (Å²) in [7, 11) is 0. The largest absolute Gasteiger partial charge is 0.489 e. The van der Waals surface area contributed by atoms with E-state index in [0.717, 1.165) is 0 Å². The van der Waals surface area contributed by atoms with Crippen molar-refractivity contribution < 1.29 is 14.3 Å². The summed E-state index contributed by atoms with van der Waals surface area (Å²) in [6, 6.07) is 0. The van der Waals surface area contributed by atoms with Crippen molar-refractivity contribution in [2.75, 3.05) is 0 Å². The smallest absolute Gasteiger partial charge is 0.197 e. The van der Waals surface area contributed by atoms with Crippen LogP contribution in [-0.4, -0.2) is 22.9 Å². The Labute approximate surface area is 80.9 Å². The van der Waals surface area contributed by atoms with Gasteiger partial charge in [0, 0.05) is 5.25 Å². The predicted octanol–water partition coefficient (Wildman–Crippen LogP) is 0.521. The average Bonchev–Trinajstić information content (AvgIpc) is 2.12. The molecule has 0 fully saturated rings. The molecule has 13 heavy (non-hydrogen) atoms. The number of ketones is 2. The minimum absolute atomic E-state index is 0.0889. The first kappa shape index (κ1) is 8.56. The Hall–Kier alpha value is -1.03. The van der Waals surface area contributed by atoms with Crippen LogP contribution in [0.3, 0.4) is 0 Å². The van der Waals surface area contributed by atoms with E-state index in [1.807, 2.05) is 0 Å². The lowest BCUT2D eigenvalue weighted by atomic mass is 9.85. The van der Waals surface area contributed by atoms with Gasteiger partial charge in [-0.15, -0.1) is 0 Å². The second-order valence-electron chi connectivity index (χ2n) is 3.04. The standard InChI is InChI=1S/C9H8O3S/c10-5-1-2-6(11)9-8(5)7(13)3-4-12-9/h1-4,7-9,13H. The summed E-state index contributed by atoms with van der Waals surface area (Å²) < 4.78 is 5.08. The maximum absolute atomic E-state index is 11.4. The van der Waals surface area contributed by atoms with Crippen molar-refractivity contribution >= 4 is 24.2 Å². The van der Waals surface area contributed by atoms with Gasteiger partial charge in [-0.1, -0.05) is 0 Å². The summed E-state index contributed by atoms with van der Waals surface area (Å²) in [6.07, 6.45) is 5.01. The van der Waals surface area contributed by atoms with Crippen LogP contribution in [-0.2, 0) is 14.3 Å². The Balaban J connectivity index is 2.37. The van der Waals surface area contributed by atoms with Gasteiger partial charge in [-0.25, -0.2) is 0 Å². The molecule has 0 N–H and O–H groups in total. The molecule has 3 unspecified atom stereocenters. The molecule has 68 valence electrons. The fourth-order valence-corrected chi connectivity index (χ4v) is 1.90. The number of carbonyl (C=O) groups is 2. The van der Waals surface area contributed by atoms with Gasteiger partial charge >= 0.3 is 0 Å². The molecule has 0 aromatic heterocycles. The number of rotatable bonds is 0. The third-order valence-corrected chi connectivity index (χ3v) is 2.71. The molecule has 0 spiro atoms. The molecule has 0 aromatic rings. The number of ether oxygens (including phenoxy) is 1. The number of fused-ring (bicyclic) bond motifs is 1. The number of hydrogen-bond donors (Lipinski definition) is 1. The molecule has 1 heterocycles. The minimum atomic E-state index is -0.662. The molecule has 3 atom stereocenters. The van der Waals surface area contributed by atoms with Crippen LogP contribution in [0.1, 0.15) is 0 Å². The van der Waals surface area contributed by atoms with Crippen LogP contribution in [0.25, 0.3) is 0 Å². The Morgan fingerprint density at radius 1 is 1.23 bits per heavy atom. The van der Waals surface area contributed by atoms with Gasteiger partial charge in [0.1, 0.15) is 0 Å². The molecule has 0 saturated heterocycles. The SMILES string of the molecule is O=C1C=CC(=O)C2C(S)C=COC12. The molecule has 1 aliphatic heterocycles. The van der Waals surface area contributed by atoms with Gasteiger partial charge < -0.3 is 4.74 Å². The molecule has 1 aliphatic carbocycles. The van der Waals surface area contributed by atoms with E-state index in [4.69, 9.17) is 4.74 Å². The highest BCUT2D eigenvalue weighted by molar-refractivity contribution is 7.81. The molecule has 0 aromatic carbocycles. The molecular formula is C9H8O3S. The third-order valence-electron chi connectivity index (χ3n) is 2.22.